The third kappa shape index (κ3) is 10.7. The number of carbonyl (C=O) groups is 4. The van der Waals surface area contributed by atoms with Gasteiger partial charge in [0.25, 0.3) is 0 Å². The van der Waals surface area contributed by atoms with Crippen molar-refractivity contribution in [2.45, 2.75) is 31.0 Å². The van der Waals surface area contributed by atoms with Crippen LogP contribution in [0.5, 0.6) is 0 Å². The van der Waals surface area contributed by atoms with E-state index in [1.165, 1.54) is 48.5 Å². The van der Waals surface area contributed by atoms with Crippen molar-refractivity contribution in [3.63, 3.8) is 0 Å². The van der Waals surface area contributed by atoms with Gasteiger partial charge in [-0.05, 0) is 54.1 Å². The van der Waals surface area contributed by atoms with Crippen LogP contribution in [0.2, 0.25) is 0 Å². The average molecular weight is 702 g/mol. The molecule has 0 aliphatic carbocycles. The van der Waals surface area contributed by atoms with Gasteiger partial charge in [0.1, 0.15) is 19.3 Å². The fourth-order valence-electron chi connectivity index (χ4n) is 4.87. The molecule has 0 bridgehead atoms. The Morgan fingerprint density at radius 3 is 1.37 bits per heavy atom. The lowest BCUT2D eigenvalue weighted by atomic mass is 10.0. The molecule has 5 aromatic carbocycles. The second kappa shape index (κ2) is 19.0. The Morgan fingerprint density at radius 1 is 0.519 bits per heavy atom. The van der Waals surface area contributed by atoms with Crippen molar-refractivity contribution in [2.75, 3.05) is 6.61 Å². The Hall–Kier alpha value is -6.59. The molecule has 0 unspecified atom stereocenters. The van der Waals surface area contributed by atoms with E-state index in [2.05, 4.69) is 5.16 Å². The van der Waals surface area contributed by atoms with Crippen molar-refractivity contribution >= 4 is 30.1 Å². The maximum atomic E-state index is 13.6. The summed E-state index contributed by atoms with van der Waals surface area (Å²) in [5.41, 5.74) is 1.35. The zero-order chi connectivity index (χ0) is 36.5. The summed E-state index contributed by atoms with van der Waals surface area (Å²) in [4.78, 5) is 58.9. The first-order valence-electron chi connectivity index (χ1n) is 16.3. The van der Waals surface area contributed by atoms with Gasteiger partial charge in [0.05, 0.1) is 28.5 Å². The van der Waals surface area contributed by atoms with E-state index >= 15 is 0 Å². The molecule has 0 saturated carbocycles. The second-order valence-corrected chi connectivity index (χ2v) is 11.3. The Bertz CT molecular complexity index is 1910. The van der Waals surface area contributed by atoms with E-state index < -0.39 is 54.9 Å². The molecule has 52 heavy (non-hydrogen) atoms. The standard InChI is InChI=1S/C41H35NO10/c43-34(28-48-38(44)30-18-8-2-9-19-30)36(51-40(46)32-22-12-4-13-23-32)37(52-41(47)33-24-14-5-15-25-33)35(50-39(45)31-20-10-3-11-21-31)26-42-49-27-29-16-6-1-7-17-29/h1-26,34-37,43H,27-28H2/b42-26+/t34-,35-,36-,37-/m1/s1. The SMILES string of the molecule is O=C(OC[C@@H](O)[C@@H](OC(=O)c1ccccc1)[C@H](OC(=O)c1ccccc1)[C@@H](/C=N/OCc1ccccc1)OC(=O)c1ccccc1)c1ccccc1. The van der Waals surface area contributed by atoms with Crippen LogP contribution in [0.4, 0.5) is 0 Å². The van der Waals surface area contributed by atoms with E-state index in [1.54, 1.807) is 72.8 Å². The van der Waals surface area contributed by atoms with Crippen LogP contribution < -0.4 is 0 Å². The highest BCUT2D eigenvalue weighted by Gasteiger charge is 2.43. The van der Waals surface area contributed by atoms with Crippen LogP contribution in [0, 0.1) is 0 Å². The highest BCUT2D eigenvalue weighted by molar-refractivity contribution is 5.92. The molecule has 5 rings (SSSR count). The average Bonchev–Trinajstić information content (AvgIpc) is 3.20. The number of benzene rings is 5. The number of rotatable bonds is 16. The molecule has 0 fully saturated rings. The van der Waals surface area contributed by atoms with Gasteiger partial charge >= 0.3 is 23.9 Å². The Labute approximate surface area is 300 Å². The number of nitrogens with zero attached hydrogens (tertiary/aromatic N) is 1. The number of aliphatic hydroxyl groups excluding tert-OH is 1. The molecule has 1 N–H and O–H groups in total. The zero-order valence-corrected chi connectivity index (χ0v) is 27.8. The minimum atomic E-state index is -1.81. The first-order chi connectivity index (χ1) is 25.4. The summed E-state index contributed by atoms with van der Waals surface area (Å²) < 4.78 is 23.0. The maximum absolute atomic E-state index is 13.6. The lowest BCUT2D eigenvalue weighted by Gasteiger charge is -2.33. The molecule has 0 saturated heterocycles. The number of oxime groups is 1. The molecular weight excluding hydrogens is 666 g/mol. The smallest absolute Gasteiger partial charge is 0.338 e. The van der Waals surface area contributed by atoms with Crippen LogP contribution in [0.1, 0.15) is 47.0 Å². The van der Waals surface area contributed by atoms with Crippen molar-refractivity contribution in [1.82, 2.24) is 0 Å². The van der Waals surface area contributed by atoms with E-state index in [0.29, 0.717) is 0 Å². The molecule has 4 atom stereocenters. The molecule has 0 spiro atoms. The molecule has 0 aliphatic heterocycles. The van der Waals surface area contributed by atoms with Crippen LogP contribution in [0.25, 0.3) is 0 Å². The van der Waals surface area contributed by atoms with Crippen molar-refractivity contribution in [3.05, 3.63) is 179 Å². The normalized spacial score (nSPS) is 13.2. The fraction of sp³-hybridized carbons (Fsp3) is 0.146. The number of carbonyl (C=O) groups excluding carboxylic acids is 4. The minimum Gasteiger partial charge on any atom is -0.459 e. The summed E-state index contributed by atoms with van der Waals surface area (Å²) in [5, 5.41) is 15.6. The Balaban J connectivity index is 1.52. The molecule has 0 aliphatic rings. The predicted molar refractivity (Wildman–Crippen MR) is 189 cm³/mol. The van der Waals surface area contributed by atoms with Gasteiger partial charge in [-0.1, -0.05) is 108 Å². The molecule has 11 nitrogen and oxygen atoms in total. The Morgan fingerprint density at radius 2 is 0.904 bits per heavy atom. The second-order valence-electron chi connectivity index (χ2n) is 11.3. The van der Waals surface area contributed by atoms with Gasteiger partial charge in [0.2, 0.25) is 0 Å². The summed E-state index contributed by atoms with van der Waals surface area (Å²) in [6, 6.07) is 41.0. The van der Waals surface area contributed by atoms with Crippen LogP contribution in [-0.4, -0.2) is 66.2 Å². The minimum absolute atomic E-state index is 0.0373. The maximum Gasteiger partial charge on any atom is 0.338 e. The Kier molecular flexibility index (Phi) is 13.4. The molecule has 0 radical (unpaired) electrons. The highest BCUT2D eigenvalue weighted by Crippen LogP contribution is 2.22. The van der Waals surface area contributed by atoms with Gasteiger partial charge in [-0.2, -0.15) is 0 Å². The lowest BCUT2D eigenvalue weighted by molar-refractivity contribution is -0.116. The van der Waals surface area contributed by atoms with Gasteiger partial charge in [-0.25, -0.2) is 19.2 Å². The van der Waals surface area contributed by atoms with Crippen molar-refractivity contribution in [2.24, 2.45) is 5.16 Å². The highest BCUT2D eigenvalue weighted by atomic mass is 16.6. The summed E-state index contributed by atoms with van der Waals surface area (Å²) in [6.45, 7) is -0.670. The molecule has 11 heteroatoms. The van der Waals surface area contributed by atoms with Crippen LogP contribution in [0.3, 0.4) is 0 Å². The van der Waals surface area contributed by atoms with Crippen LogP contribution in [-0.2, 0) is 30.4 Å². The molecule has 0 amide bonds. The van der Waals surface area contributed by atoms with E-state index in [9.17, 15) is 24.3 Å². The zero-order valence-electron chi connectivity index (χ0n) is 27.8. The summed E-state index contributed by atoms with van der Waals surface area (Å²) in [7, 11) is 0. The quantitative estimate of drug-likeness (QED) is 0.0555. The topological polar surface area (TPSA) is 147 Å². The van der Waals surface area contributed by atoms with E-state index in [1.807, 2.05) is 30.3 Å². The molecule has 0 heterocycles. The summed E-state index contributed by atoms with van der Waals surface area (Å²) in [5.74, 6) is -3.43. The van der Waals surface area contributed by atoms with Crippen molar-refractivity contribution < 1.29 is 48.1 Å². The molecule has 264 valence electrons. The van der Waals surface area contributed by atoms with Crippen LogP contribution >= 0.6 is 0 Å². The molecule has 5 aromatic rings. The third-order valence-electron chi connectivity index (χ3n) is 7.54. The summed E-state index contributed by atoms with van der Waals surface area (Å²) in [6.07, 6.45) is -5.92. The number of ether oxygens (including phenoxy) is 4. The van der Waals surface area contributed by atoms with E-state index in [-0.39, 0.29) is 28.9 Å². The number of esters is 4. The number of hydrogen-bond acceptors (Lipinski definition) is 11. The predicted octanol–water partition coefficient (Wildman–Crippen LogP) is 6.08. The van der Waals surface area contributed by atoms with Crippen LogP contribution in [0.15, 0.2) is 157 Å². The van der Waals surface area contributed by atoms with Crippen molar-refractivity contribution in [1.29, 1.82) is 0 Å². The third-order valence-corrected chi connectivity index (χ3v) is 7.54. The van der Waals surface area contributed by atoms with Gasteiger partial charge in [0.15, 0.2) is 18.3 Å². The van der Waals surface area contributed by atoms with Gasteiger partial charge in [-0.15, -0.1) is 0 Å². The van der Waals surface area contributed by atoms with Crippen molar-refractivity contribution in [3.8, 4) is 0 Å². The first-order valence-corrected chi connectivity index (χ1v) is 16.3. The molecular formula is C41H35NO10. The largest absolute Gasteiger partial charge is 0.459 e. The fourth-order valence-corrected chi connectivity index (χ4v) is 4.87. The van der Waals surface area contributed by atoms with Gasteiger partial charge in [-0.3, -0.25) is 0 Å². The van der Waals surface area contributed by atoms with Gasteiger partial charge < -0.3 is 28.9 Å². The lowest BCUT2D eigenvalue weighted by Crippen LogP contribution is -2.52. The molecule has 0 aromatic heterocycles. The van der Waals surface area contributed by atoms with Gasteiger partial charge in [0, 0.05) is 0 Å². The van der Waals surface area contributed by atoms with E-state index in [0.717, 1.165) is 11.8 Å². The number of hydrogen-bond donors (Lipinski definition) is 1. The van der Waals surface area contributed by atoms with E-state index in [4.69, 9.17) is 23.8 Å². The first kappa shape index (κ1) is 36.7. The summed E-state index contributed by atoms with van der Waals surface area (Å²) >= 11 is 0. The monoisotopic (exact) mass is 701 g/mol. The number of aliphatic hydroxyl groups is 1.